The van der Waals surface area contributed by atoms with Crippen molar-refractivity contribution < 1.29 is 4.79 Å². The maximum absolute atomic E-state index is 11.7. The number of amides is 1. The van der Waals surface area contributed by atoms with E-state index in [1.807, 2.05) is 20.0 Å². The highest BCUT2D eigenvalue weighted by atomic mass is 35.5. The number of hydrogen-bond acceptors (Lipinski definition) is 2. The number of carbonyl (C=O) groups is 1. The molecule has 0 bridgehead atoms. The first kappa shape index (κ1) is 12.0. The van der Waals surface area contributed by atoms with E-state index in [4.69, 9.17) is 11.6 Å². The summed E-state index contributed by atoms with van der Waals surface area (Å²) in [7, 11) is 1.84. The molecule has 0 fully saturated rings. The molecule has 0 atom stereocenters. The summed E-state index contributed by atoms with van der Waals surface area (Å²) in [6, 6.07) is 5.31. The lowest BCUT2D eigenvalue weighted by atomic mass is 10.1. The minimum Gasteiger partial charge on any atom is -0.351 e. The van der Waals surface area contributed by atoms with E-state index in [0.717, 1.165) is 12.1 Å². The molecule has 0 heterocycles. The van der Waals surface area contributed by atoms with Crippen LogP contribution in [-0.2, 0) is 0 Å². The largest absolute Gasteiger partial charge is 0.351 e. The number of benzene rings is 1. The normalized spacial score (nSPS) is 10.1. The summed E-state index contributed by atoms with van der Waals surface area (Å²) in [5, 5.41) is 6.35. The second-order valence-corrected chi connectivity index (χ2v) is 3.76. The van der Waals surface area contributed by atoms with Crippen LogP contribution in [0.1, 0.15) is 15.9 Å². The van der Waals surface area contributed by atoms with Crippen molar-refractivity contribution in [3.63, 3.8) is 0 Å². The highest BCUT2D eigenvalue weighted by Crippen LogP contribution is 2.14. The van der Waals surface area contributed by atoms with Crippen LogP contribution in [0.25, 0.3) is 0 Å². The van der Waals surface area contributed by atoms with E-state index in [2.05, 4.69) is 10.6 Å². The molecule has 3 nitrogen and oxygen atoms in total. The van der Waals surface area contributed by atoms with Gasteiger partial charge in [-0.05, 0) is 31.7 Å². The smallest absolute Gasteiger partial charge is 0.251 e. The lowest BCUT2D eigenvalue weighted by molar-refractivity contribution is 0.0953. The fourth-order valence-electron chi connectivity index (χ4n) is 1.24. The molecule has 0 unspecified atom stereocenters. The Morgan fingerprint density at radius 3 is 2.80 bits per heavy atom. The third kappa shape index (κ3) is 3.53. The number of halogens is 1. The number of carbonyl (C=O) groups excluding carboxylic acids is 1. The molecular formula is C11H15ClN2O. The molecule has 0 aliphatic carbocycles. The highest BCUT2D eigenvalue weighted by molar-refractivity contribution is 6.31. The van der Waals surface area contributed by atoms with Gasteiger partial charge in [0.05, 0.1) is 0 Å². The fourth-order valence-corrected chi connectivity index (χ4v) is 1.41. The van der Waals surface area contributed by atoms with Gasteiger partial charge in [-0.3, -0.25) is 4.79 Å². The minimum absolute atomic E-state index is 0.0785. The predicted molar refractivity (Wildman–Crippen MR) is 62.4 cm³/mol. The molecule has 0 spiro atoms. The van der Waals surface area contributed by atoms with Gasteiger partial charge in [-0.2, -0.15) is 0 Å². The van der Waals surface area contributed by atoms with Crippen molar-refractivity contribution in [2.24, 2.45) is 0 Å². The van der Waals surface area contributed by atoms with Crippen LogP contribution in [-0.4, -0.2) is 26.0 Å². The fraction of sp³-hybridized carbons (Fsp3) is 0.364. The zero-order valence-corrected chi connectivity index (χ0v) is 9.69. The van der Waals surface area contributed by atoms with E-state index in [9.17, 15) is 4.79 Å². The van der Waals surface area contributed by atoms with Crippen LogP contribution in [0.4, 0.5) is 0 Å². The SMILES string of the molecule is CNCCNC(=O)c1cc(Cl)ccc1C. The molecule has 2 N–H and O–H groups in total. The molecule has 1 aromatic rings. The topological polar surface area (TPSA) is 41.1 Å². The zero-order valence-electron chi connectivity index (χ0n) is 8.93. The number of rotatable bonds is 4. The summed E-state index contributed by atoms with van der Waals surface area (Å²) in [4.78, 5) is 11.7. The second-order valence-electron chi connectivity index (χ2n) is 3.32. The van der Waals surface area contributed by atoms with Gasteiger partial charge in [0, 0.05) is 23.7 Å². The molecule has 1 aromatic carbocycles. The van der Waals surface area contributed by atoms with Gasteiger partial charge < -0.3 is 10.6 Å². The first-order valence-corrected chi connectivity index (χ1v) is 5.22. The van der Waals surface area contributed by atoms with Crippen molar-refractivity contribution in [3.8, 4) is 0 Å². The predicted octanol–water partition coefficient (Wildman–Crippen LogP) is 1.60. The van der Waals surface area contributed by atoms with Crippen LogP contribution >= 0.6 is 11.6 Å². The third-order valence-corrected chi connectivity index (χ3v) is 2.34. The molecule has 1 rings (SSSR count). The molecule has 0 aromatic heterocycles. The maximum atomic E-state index is 11.7. The van der Waals surface area contributed by atoms with Crippen LogP contribution in [0.3, 0.4) is 0 Å². The van der Waals surface area contributed by atoms with E-state index in [0.29, 0.717) is 17.1 Å². The van der Waals surface area contributed by atoms with Crippen LogP contribution in [0.2, 0.25) is 5.02 Å². The van der Waals surface area contributed by atoms with Crippen LogP contribution < -0.4 is 10.6 Å². The average molecular weight is 227 g/mol. The van der Waals surface area contributed by atoms with Crippen molar-refractivity contribution in [2.45, 2.75) is 6.92 Å². The quantitative estimate of drug-likeness (QED) is 0.766. The van der Waals surface area contributed by atoms with E-state index in [1.165, 1.54) is 0 Å². The van der Waals surface area contributed by atoms with Crippen molar-refractivity contribution in [3.05, 3.63) is 34.3 Å². The Bertz CT molecular complexity index is 352. The van der Waals surface area contributed by atoms with Gasteiger partial charge in [0.2, 0.25) is 0 Å². The second kappa shape index (κ2) is 5.73. The van der Waals surface area contributed by atoms with Gasteiger partial charge in [0.25, 0.3) is 5.91 Å². The van der Waals surface area contributed by atoms with Crippen LogP contribution in [0, 0.1) is 6.92 Å². The summed E-state index contributed by atoms with van der Waals surface area (Å²) in [5.41, 5.74) is 1.57. The molecule has 82 valence electrons. The average Bonchev–Trinajstić information content (AvgIpc) is 2.22. The third-order valence-electron chi connectivity index (χ3n) is 2.10. The van der Waals surface area contributed by atoms with Crippen molar-refractivity contribution in [1.29, 1.82) is 0 Å². The molecule has 0 aliphatic rings. The van der Waals surface area contributed by atoms with Gasteiger partial charge in [0.1, 0.15) is 0 Å². The van der Waals surface area contributed by atoms with Gasteiger partial charge in [0.15, 0.2) is 0 Å². The molecule has 0 radical (unpaired) electrons. The minimum atomic E-state index is -0.0785. The number of likely N-dealkylation sites (N-methyl/N-ethyl adjacent to an activating group) is 1. The Balaban J connectivity index is 2.68. The monoisotopic (exact) mass is 226 g/mol. The molecule has 0 saturated carbocycles. The maximum Gasteiger partial charge on any atom is 0.251 e. The van der Waals surface area contributed by atoms with Gasteiger partial charge >= 0.3 is 0 Å². The Labute approximate surface area is 94.8 Å². The van der Waals surface area contributed by atoms with E-state index >= 15 is 0 Å². The van der Waals surface area contributed by atoms with Crippen LogP contribution in [0.15, 0.2) is 18.2 Å². The summed E-state index contributed by atoms with van der Waals surface area (Å²) in [5.74, 6) is -0.0785. The Morgan fingerprint density at radius 1 is 1.40 bits per heavy atom. The van der Waals surface area contributed by atoms with Crippen molar-refractivity contribution >= 4 is 17.5 Å². The van der Waals surface area contributed by atoms with Crippen LogP contribution in [0.5, 0.6) is 0 Å². The number of nitrogens with one attached hydrogen (secondary N) is 2. The first-order chi connectivity index (χ1) is 7.15. The molecular weight excluding hydrogens is 212 g/mol. The zero-order chi connectivity index (χ0) is 11.3. The van der Waals surface area contributed by atoms with Gasteiger partial charge in [-0.15, -0.1) is 0 Å². The van der Waals surface area contributed by atoms with E-state index in [-0.39, 0.29) is 5.91 Å². The summed E-state index contributed by atoms with van der Waals surface area (Å²) < 4.78 is 0. The van der Waals surface area contributed by atoms with Crippen molar-refractivity contribution in [2.75, 3.05) is 20.1 Å². The van der Waals surface area contributed by atoms with Crippen molar-refractivity contribution in [1.82, 2.24) is 10.6 Å². The summed E-state index contributed by atoms with van der Waals surface area (Å²) in [6.07, 6.45) is 0. The first-order valence-electron chi connectivity index (χ1n) is 4.84. The molecule has 4 heteroatoms. The van der Waals surface area contributed by atoms with E-state index in [1.54, 1.807) is 12.1 Å². The molecule has 0 saturated heterocycles. The Hall–Kier alpha value is -1.06. The lowest BCUT2D eigenvalue weighted by Crippen LogP contribution is -2.30. The molecule has 0 aliphatic heterocycles. The highest BCUT2D eigenvalue weighted by Gasteiger charge is 2.08. The summed E-state index contributed by atoms with van der Waals surface area (Å²) in [6.45, 7) is 3.26. The molecule has 15 heavy (non-hydrogen) atoms. The number of hydrogen-bond donors (Lipinski definition) is 2. The Kier molecular flexibility index (Phi) is 4.59. The van der Waals surface area contributed by atoms with E-state index < -0.39 is 0 Å². The molecule has 1 amide bonds. The number of aryl methyl sites for hydroxylation is 1. The standard InChI is InChI=1S/C11H15ClN2O/c1-8-3-4-9(12)7-10(8)11(15)14-6-5-13-2/h3-4,7,13H,5-6H2,1-2H3,(H,14,15). The lowest BCUT2D eigenvalue weighted by Gasteiger charge is -2.07. The Morgan fingerprint density at radius 2 is 2.13 bits per heavy atom. The summed E-state index contributed by atoms with van der Waals surface area (Å²) >= 11 is 5.83. The van der Waals surface area contributed by atoms with Gasteiger partial charge in [-0.25, -0.2) is 0 Å². The van der Waals surface area contributed by atoms with Gasteiger partial charge in [-0.1, -0.05) is 17.7 Å².